The number of hydrogen-bond donors (Lipinski definition) is 2. The van der Waals surface area contributed by atoms with Gasteiger partial charge in [-0.1, -0.05) is 40.0 Å². The minimum Gasteiger partial charge on any atom is -0.326 e. The molecule has 2 atom stereocenters. The molecule has 0 aromatic heterocycles. The number of nitrogens with two attached hydrogens (primary N) is 2. The highest BCUT2D eigenvalue weighted by Crippen LogP contribution is 2.30. The van der Waals surface area contributed by atoms with Gasteiger partial charge in [0.25, 0.3) is 0 Å². The molecule has 2 nitrogen and oxygen atoms in total. The van der Waals surface area contributed by atoms with E-state index in [0.29, 0.717) is 5.92 Å². The summed E-state index contributed by atoms with van der Waals surface area (Å²) in [6.07, 6.45) is 6.63. The fourth-order valence-electron chi connectivity index (χ4n) is 2.39. The molecule has 14 heavy (non-hydrogen) atoms. The van der Waals surface area contributed by atoms with Gasteiger partial charge in [-0.25, -0.2) is 0 Å². The van der Waals surface area contributed by atoms with Crippen molar-refractivity contribution in [1.82, 2.24) is 0 Å². The van der Waals surface area contributed by atoms with E-state index in [2.05, 4.69) is 20.8 Å². The monoisotopic (exact) mass is 198 g/mol. The summed E-state index contributed by atoms with van der Waals surface area (Å²) in [6.45, 7) is 6.54. The second kappa shape index (κ2) is 4.63. The van der Waals surface area contributed by atoms with Gasteiger partial charge in [0.05, 0.1) is 0 Å². The fourth-order valence-corrected chi connectivity index (χ4v) is 2.39. The Morgan fingerprint density at radius 2 is 1.50 bits per heavy atom. The summed E-state index contributed by atoms with van der Waals surface area (Å²) in [5, 5.41) is 0. The summed E-state index contributed by atoms with van der Waals surface area (Å²) in [4.78, 5) is 0. The van der Waals surface area contributed by atoms with Crippen molar-refractivity contribution in [2.24, 2.45) is 22.8 Å². The highest BCUT2D eigenvalue weighted by atomic mass is 14.8. The Bertz CT molecular complexity index is 166. The van der Waals surface area contributed by atoms with E-state index in [1.165, 1.54) is 32.1 Å². The molecule has 1 aliphatic carbocycles. The molecule has 0 spiro atoms. The van der Waals surface area contributed by atoms with Crippen LogP contribution in [0.5, 0.6) is 0 Å². The quantitative estimate of drug-likeness (QED) is 0.715. The molecule has 84 valence electrons. The Morgan fingerprint density at radius 3 is 1.93 bits per heavy atom. The van der Waals surface area contributed by atoms with E-state index in [1.807, 2.05) is 0 Å². The van der Waals surface area contributed by atoms with Crippen molar-refractivity contribution in [3.05, 3.63) is 0 Å². The fraction of sp³-hybridized carbons (Fsp3) is 1.00. The topological polar surface area (TPSA) is 52.0 Å². The minimum absolute atomic E-state index is 0.130. The first-order valence-electron chi connectivity index (χ1n) is 5.94. The number of rotatable bonds is 2. The molecule has 2 heteroatoms. The highest BCUT2D eigenvalue weighted by Gasteiger charge is 2.32. The van der Waals surface area contributed by atoms with Crippen molar-refractivity contribution in [1.29, 1.82) is 0 Å². The van der Waals surface area contributed by atoms with Crippen LogP contribution >= 0.6 is 0 Å². The molecule has 0 aliphatic heterocycles. The maximum atomic E-state index is 6.25. The molecule has 1 fully saturated rings. The Balaban J connectivity index is 2.50. The largest absolute Gasteiger partial charge is 0.326 e. The average molecular weight is 198 g/mol. The Hall–Kier alpha value is -0.0800. The van der Waals surface area contributed by atoms with Crippen LogP contribution in [0.15, 0.2) is 0 Å². The van der Waals surface area contributed by atoms with Crippen molar-refractivity contribution < 1.29 is 0 Å². The third-order valence-electron chi connectivity index (χ3n) is 3.61. The van der Waals surface area contributed by atoms with Crippen molar-refractivity contribution in [2.45, 2.75) is 65.0 Å². The SMILES string of the molecule is CC(C)(C)C(N)C(N)C1CCCCC1. The molecule has 0 saturated heterocycles. The zero-order valence-electron chi connectivity index (χ0n) is 9.92. The second-order valence-electron chi connectivity index (χ2n) is 5.87. The van der Waals surface area contributed by atoms with Gasteiger partial charge in [-0.2, -0.15) is 0 Å². The molecular weight excluding hydrogens is 172 g/mol. The van der Waals surface area contributed by atoms with Gasteiger partial charge in [0.1, 0.15) is 0 Å². The molecule has 0 amide bonds. The molecule has 0 heterocycles. The maximum Gasteiger partial charge on any atom is 0.0244 e. The predicted octanol–water partition coefficient (Wildman–Crippen LogP) is 2.27. The molecule has 2 unspecified atom stereocenters. The molecule has 1 aliphatic rings. The van der Waals surface area contributed by atoms with Crippen LogP contribution in [0.25, 0.3) is 0 Å². The van der Waals surface area contributed by atoms with Crippen molar-refractivity contribution >= 4 is 0 Å². The van der Waals surface area contributed by atoms with Crippen LogP contribution in [0.4, 0.5) is 0 Å². The lowest BCUT2D eigenvalue weighted by Gasteiger charge is -2.38. The number of hydrogen-bond acceptors (Lipinski definition) is 2. The second-order valence-corrected chi connectivity index (χ2v) is 5.87. The zero-order valence-corrected chi connectivity index (χ0v) is 9.92. The van der Waals surface area contributed by atoms with E-state index in [-0.39, 0.29) is 17.5 Å². The minimum atomic E-state index is 0.130. The molecule has 0 radical (unpaired) electrons. The van der Waals surface area contributed by atoms with Gasteiger partial charge in [0.15, 0.2) is 0 Å². The molecular formula is C12H26N2. The van der Waals surface area contributed by atoms with Crippen LogP contribution < -0.4 is 11.5 Å². The van der Waals surface area contributed by atoms with E-state index >= 15 is 0 Å². The first-order chi connectivity index (χ1) is 6.43. The Labute approximate surface area is 88.4 Å². The standard InChI is InChI=1S/C12H26N2/c1-12(2,3)11(14)10(13)9-7-5-4-6-8-9/h9-11H,4-8,13-14H2,1-3H3. The lowest BCUT2D eigenvalue weighted by molar-refractivity contribution is 0.202. The zero-order chi connectivity index (χ0) is 10.8. The lowest BCUT2D eigenvalue weighted by Crippen LogP contribution is -2.53. The van der Waals surface area contributed by atoms with Crippen LogP contribution in [0.2, 0.25) is 0 Å². The summed E-state index contributed by atoms with van der Waals surface area (Å²) in [7, 11) is 0. The van der Waals surface area contributed by atoms with Gasteiger partial charge >= 0.3 is 0 Å². The Kier molecular flexibility index (Phi) is 3.96. The van der Waals surface area contributed by atoms with E-state index < -0.39 is 0 Å². The third-order valence-corrected chi connectivity index (χ3v) is 3.61. The van der Waals surface area contributed by atoms with Crippen LogP contribution in [0.1, 0.15) is 52.9 Å². The normalized spacial score (nSPS) is 24.6. The molecule has 1 saturated carbocycles. The van der Waals surface area contributed by atoms with Gasteiger partial charge in [-0.05, 0) is 24.2 Å². The molecule has 0 aromatic rings. The van der Waals surface area contributed by atoms with E-state index in [4.69, 9.17) is 11.5 Å². The van der Waals surface area contributed by atoms with Gasteiger partial charge in [-0.3, -0.25) is 0 Å². The van der Waals surface area contributed by atoms with Crippen LogP contribution in [0.3, 0.4) is 0 Å². The van der Waals surface area contributed by atoms with E-state index in [0.717, 1.165) is 0 Å². The van der Waals surface area contributed by atoms with Gasteiger partial charge in [0, 0.05) is 12.1 Å². The molecule has 4 N–H and O–H groups in total. The van der Waals surface area contributed by atoms with Crippen molar-refractivity contribution in [2.75, 3.05) is 0 Å². The highest BCUT2D eigenvalue weighted by molar-refractivity contribution is 4.91. The summed E-state index contributed by atoms with van der Waals surface area (Å²) in [5.41, 5.74) is 12.6. The summed E-state index contributed by atoms with van der Waals surface area (Å²) < 4.78 is 0. The molecule has 0 aromatic carbocycles. The molecule has 0 bridgehead atoms. The van der Waals surface area contributed by atoms with Crippen LogP contribution in [-0.2, 0) is 0 Å². The van der Waals surface area contributed by atoms with Gasteiger partial charge in [0.2, 0.25) is 0 Å². The van der Waals surface area contributed by atoms with Gasteiger partial charge in [-0.15, -0.1) is 0 Å². The van der Waals surface area contributed by atoms with Crippen molar-refractivity contribution in [3.63, 3.8) is 0 Å². The summed E-state index contributed by atoms with van der Waals surface area (Å²) >= 11 is 0. The lowest BCUT2D eigenvalue weighted by atomic mass is 9.74. The first kappa shape index (κ1) is 12.0. The molecule has 1 rings (SSSR count). The Morgan fingerprint density at radius 1 is 1.00 bits per heavy atom. The predicted molar refractivity (Wildman–Crippen MR) is 62.0 cm³/mol. The summed E-state index contributed by atoms with van der Waals surface area (Å²) in [5.74, 6) is 0.665. The van der Waals surface area contributed by atoms with Crippen LogP contribution in [0, 0.1) is 11.3 Å². The average Bonchev–Trinajstić information content (AvgIpc) is 2.15. The maximum absolute atomic E-state index is 6.25. The van der Waals surface area contributed by atoms with Crippen LogP contribution in [-0.4, -0.2) is 12.1 Å². The van der Waals surface area contributed by atoms with E-state index in [9.17, 15) is 0 Å². The summed E-state index contributed by atoms with van der Waals surface area (Å²) in [6, 6.07) is 0.320. The van der Waals surface area contributed by atoms with E-state index in [1.54, 1.807) is 0 Å². The van der Waals surface area contributed by atoms with Crippen molar-refractivity contribution in [3.8, 4) is 0 Å². The first-order valence-corrected chi connectivity index (χ1v) is 5.94. The van der Waals surface area contributed by atoms with Gasteiger partial charge < -0.3 is 11.5 Å². The smallest absolute Gasteiger partial charge is 0.0244 e. The third kappa shape index (κ3) is 2.96.